The summed E-state index contributed by atoms with van der Waals surface area (Å²) in [4.78, 5) is 12.5. The summed E-state index contributed by atoms with van der Waals surface area (Å²) in [5, 5.41) is 7.46. The molecular formula is C31H24OP2. The molecule has 0 bridgehead atoms. The van der Waals surface area contributed by atoms with Crippen LogP contribution in [0.2, 0.25) is 0 Å². The van der Waals surface area contributed by atoms with Crippen molar-refractivity contribution >= 4 is 54.0 Å². The molecule has 0 aliphatic heterocycles. The zero-order chi connectivity index (χ0) is 23.2. The zero-order valence-electron chi connectivity index (χ0n) is 18.7. The highest BCUT2D eigenvalue weighted by Crippen LogP contribution is 2.39. The van der Waals surface area contributed by atoms with Crippen molar-refractivity contribution in [2.75, 3.05) is 0 Å². The van der Waals surface area contributed by atoms with Gasteiger partial charge < -0.3 is 0 Å². The molecule has 0 saturated heterocycles. The van der Waals surface area contributed by atoms with Crippen molar-refractivity contribution < 1.29 is 4.79 Å². The minimum atomic E-state index is -0.922. The molecule has 0 aromatic heterocycles. The number of benzene rings is 5. The normalized spacial score (nSPS) is 11.0. The first-order valence-electron chi connectivity index (χ1n) is 11.3. The summed E-state index contributed by atoms with van der Waals surface area (Å²) in [6, 6.07) is 48.9. The maximum atomic E-state index is 12.5. The zero-order valence-corrected chi connectivity index (χ0v) is 20.4. The lowest BCUT2D eigenvalue weighted by Crippen LogP contribution is -2.36. The van der Waals surface area contributed by atoms with Gasteiger partial charge in [-0.25, -0.2) is 0 Å². The van der Waals surface area contributed by atoms with E-state index in [0.29, 0.717) is 0 Å². The molecule has 0 fully saturated rings. The minimum absolute atomic E-state index is 0.774. The Labute approximate surface area is 203 Å². The fourth-order valence-corrected chi connectivity index (χ4v) is 9.63. The highest BCUT2D eigenvalue weighted by atomic mass is 31.1. The highest BCUT2D eigenvalue weighted by Gasteiger charge is 2.27. The molecule has 5 aromatic rings. The van der Waals surface area contributed by atoms with Crippen molar-refractivity contribution in [3.8, 4) is 0 Å². The lowest BCUT2D eigenvalue weighted by atomic mass is 10.2. The van der Waals surface area contributed by atoms with Crippen LogP contribution in [0.3, 0.4) is 0 Å². The summed E-state index contributed by atoms with van der Waals surface area (Å²) >= 11 is 0. The Bertz CT molecular complexity index is 1280. The molecule has 0 amide bonds. The molecule has 1 nitrogen and oxygen atoms in total. The van der Waals surface area contributed by atoms with Crippen LogP contribution in [0.25, 0.3) is 0 Å². The first-order valence-corrected chi connectivity index (χ1v) is 13.9. The third-order valence-electron chi connectivity index (χ3n) is 5.69. The smallest absolute Gasteiger partial charge is 0.150 e. The number of hydrogen-bond acceptors (Lipinski definition) is 1. The van der Waals surface area contributed by atoms with Gasteiger partial charge in [-0.15, -0.1) is 0 Å². The first kappa shape index (κ1) is 22.4. The van der Waals surface area contributed by atoms with Crippen molar-refractivity contribution in [2.24, 2.45) is 0 Å². The third kappa shape index (κ3) is 4.64. The van der Waals surface area contributed by atoms with E-state index in [9.17, 15) is 4.79 Å². The average molecular weight is 474 g/mol. The Balaban J connectivity index is 1.82. The molecule has 0 radical (unpaired) electrons. The van der Waals surface area contributed by atoms with Gasteiger partial charge in [0.05, 0.1) is 0 Å². The third-order valence-corrected chi connectivity index (χ3v) is 10.9. The molecule has 0 N–H and O–H groups in total. The fraction of sp³-hybridized carbons (Fsp3) is 0. The first-order chi connectivity index (χ1) is 16.9. The van der Waals surface area contributed by atoms with Gasteiger partial charge in [0.25, 0.3) is 0 Å². The van der Waals surface area contributed by atoms with Gasteiger partial charge in [-0.2, -0.15) is 0 Å². The van der Waals surface area contributed by atoms with Crippen LogP contribution in [-0.4, -0.2) is 6.29 Å². The Morgan fingerprint density at radius 2 is 0.794 bits per heavy atom. The molecule has 5 aromatic carbocycles. The number of rotatable bonds is 7. The second-order valence-electron chi connectivity index (χ2n) is 7.85. The molecule has 34 heavy (non-hydrogen) atoms. The van der Waals surface area contributed by atoms with Gasteiger partial charge in [-0.3, -0.25) is 4.79 Å². The van der Waals surface area contributed by atoms with Gasteiger partial charge in [0, 0.05) is 10.9 Å². The largest absolute Gasteiger partial charge is 0.298 e. The lowest BCUT2D eigenvalue weighted by Gasteiger charge is -2.28. The van der Waals surface area contributed by atoms with Gasteiger partial charge in [-0.05, 0) is 42.4 Å². The van der Waals surface area contributed by atoms with E-state index < -0.39 is 15.8 Å². The van der Waals surface area contributed by atoms with E-state index in [2.05, 4.69) is 127 Å². The summed E-state index contributed by atoms with van der Waals surface area (Å²) in [5.41, 5.74) is 0.774. The average Bonchev–Trinajstić information content (AvgIpc) is 2.92. The van der Waals surface area contributed by atoms with Crippen molar-refractivity contribution in [3.05, 3.63) is 145 Å². The topological polar surface area (TPSA) is 17.1 Å². The van der Waals surface area contributed by atoms with E-state index in [0.717, 1.165) is 17.2 Å². The number of carbonyl (C=O) groups excluding carboxylic acids is 1. The highest BCUT2D eigenvalue weighted by molar-refractivity contribution is 7.85. The maximum Gasteiger partial charge on any atom is 0.150 e. The monoisotopic (exact) mass is 474 g/mol. The fourth-order valence-electron chi connectivity index (χ4n) is 4.21. The Morgan fingerprint density at radius 1 is 0.412 bits per heavy atom. The van der Waals surface area contributed by atoms with Crippen LogP contribution in [0.1, 0.15) is 10.4 Å². The second kappa shape index (κ2) is 10.7. The van der Waals surface area contributed by atoms with Gasteiger partial charge in [0.15, 0.2) is 6.29 Å². The number of hydrogen-bond donors (Lipinski definition) is 0. The van der Waals surface area contributed by atoms with E-state index in [1.165, 1.54) is 26.5 Å². The van der Waals surface area contributed by atoms with Crippen LogP contribution in [0.15, 0.2) is 140 Å². The number of carbonyl (C=O) groups is 1. The SMILES string of the molecule is O=Cc1cccc(P(c2ccccc2)c2ccccc2)c1P(c1ccccc1)c1ccccc1. The van der Waals surface area contributed by atoms with E-state index in [1.807, 2.05) is 12.1 Å². The van der Waals surface area contributed by atoms with Crippen molar-refractivity contribution in [1.29, 1.82) is 0 Å². The van der Waals surface area contributed by atoms with Crippen LogP contribution in [0, 0.1) is 0 Å². The van der Waals surface area contributed by atoms with Crippen LogP contribution >= 0.6 is 15.8 Å². The van der Waals surface area contributed by atoms with Crippen molar-refractivity contribution in [1.82, 2.24) is 0 Å². The maximum absolute atomic E-state index is 12.5. The predicted octanol–water partition coefficient (Wildman–Crippen LogP) is 5.02. The molecule has 0 atom stereocenters. The summed E-state index contributed by atoms with van der Waals surface area (Å²) in [5.74, 6) is 0. The van der Waals surface area contributed by atoms with Crippen LogP contribution in [0.4, 0.5) is 0 Å². The molecular weight excluding hydrogens is 450 g/mol. The van der Waals surface area contributed by atoms with Crippen LogP contribution in [-0.2, 0) is 0 Å². The molecule has 5 rings (SSSR count). The van der Waals surface area contributed by atoms with Gasteiger partial charge >= 0.3 is 0 Å². The molecule has 0 unspecified atom stereocenters. The van der Waals surface area contributed by atoms with Crippen LogP contribution < -0.4 is 31.8 Å². The summed E-state index contributed by atoms with van der Waals surface area (Å²) in [6.07, 6.45) is 1.03. The molecule has 0 saturated carbocycles. The summed E-state index contributed by atoms with van der Waals surface area (Å²) in [6.45, 7) is 0. The van der Waals surface area contributed by atoms with Gasteiger partial charge in [-0.1, -0.05) is 140 Å². The standard InChI is InChI=1S/C31H24OP2/c32-24-25-14-13-23-30(33(26-15-5-1-6-16-26)27-17-7-2-8-18-27)31(25)34(28-19-9-3-10-20-28)29-21-11-4-12-22-29/h1-24H. The Kier molecular flexibility index (Phi) is 7.06. The molecule has 0 aliphatic carbocycles. The van der Waals surface area contributed by atoms with E-state index in [4.69, 9.17) is 0 Å². The van der Waals surface area contributed by atoms with Crippen molar-refractivity contribution in [2.45, 2.75) is 0 Å². The van der Waals surface area contributed by atoms with Gasteiger partial charge in [0.1, 0.15) is 0 Å². The summed E-state index contributed by atoms with van der Waals surface area (Å²) in [7, 11) is -1.77. The van der Waals surface area contributed by atoms with E-state index in [-0.39, 0.29) is 0 Å². The molecule has 0 spiro atoms. The minimum Gasteiger partial charge on any atom is -0.298 e. The molecule has 0 aliphatic rings. The quantitative estimate of drug-likeness (QED) is 0.239. The van der Waals surface area contributed by atoms with E-state index >= 15 is 0 Å². The van der Waals surface area contributed by atoms with E-state index in [1.54, 1.807) is 0 Å². The van der Waals surface area contributed by atoms with Crippen molar-refractivity contribution in [3.63, 3.8) is 0 Å². The lowest BCUT2D eigenvalue weighted by molar-refractivity contribution is 0.112. The van der Waals surface area contributed by atoms with Gasteiger partial charge in [0.2, 0.25) is 0 Å². The molecule has 164 valence electrons. The second-order valence-corrected chi connectivity index (χ2v) is 12.2. The predicted molar refractivity (Wildman–Crippen MR) is 149 cm³/mol. The number of aldehydes is 1. The van der Waals surface area contributed by atoms with Crippen LogP contribution in [0.5, 0.6) is 0 Å². The molecule has 3 heteroatoms. The Morgan fingerprint density at radius 3 is 1.18 bits per heavy atom. The molecule has 0 heterocycles. The Hall–Kier alpha value is -3.37. The summed E-state index contributed by atoms with van der Waals surface area (Å²) < 4.78 is 0.